The Morgan fingerprint density at radius 3 is 2.94 bits per heavy atom. The lowest BCUT2D eigenvalue weighted by atomic mass is 10.3. The first-order chi connectivity index (χ1) is 8.88. The molecule has 0 bridgehead atoms. The molecule has 0 saturated carbocycles. The van der Waals surface area contributed by atoms with Gasteiger partial charge in [-0.25, -0.2) is 4.98 Å². The van der Waals surface area contributed by atoms with Crippen LogP contribution in [0.1, 0.15) is 18.7 Å². The van der Waals surface area contributed by atoms with Gasteiger partial charge in [-0.3, -0.25) is 0 Å². The molecule has 0 N–H and O–H groups in total. The van der Waals surface area contributed by atoms with Crippen molar-refractivity contribution in [2.75, 3.05) is 26.7 Å². The number of methoxy groups -OCH3 is 1. The summed E-state index contributed by atoms with van der Waals surface area (Å²) in [6, 6.07) is 3.98. The summed E-state index contributed by atoms with van der Waals surface area (Å²) in [7, 11) is 1.70. The average molecular weight is 245 g/mol. The lowest BCUT2D eigenvalue weighted by Gasteiger charge is -2.13. The molecule has 1 fully saturated rings. The molecule has 0 unspecified atom stereocenters. The minimum atomic E-state index is 0.887. The van der Waals surface area contributed by atoms with Crippen molar-refractivity contribution in [3.05, 3.63) is 30.4 Å². The van der Waals surface area contributed by atoms with Crippen molar-refractivity contribution in [1.82, 2.24) is 14.3 Å². The summed E-state index contributed by atoms with van der Waals surface area (Å²) in [5.74, 6) is 2.01. The smallest absolute Gasteiger partial charge is 0.144 e. The fraction of sp³-hybridized carbons (Fsp3) is 0.500. The number of imidazole rings is 1. The Hall–Kier alpha value is -1.55. The number of likely N-dealkylation sites (tertiary alicyclic amines) is 1. The van der Waals surface area contributed by atoms with Gasteiger partial charge in [-0.15, -0.1) is 0 Å². The molecule has 96 valence electrons. The maximum Gasteiger partial charge on any atom is 0.144 e. The van der Waals surface area contributed by atoms with E-state index in [1.54, 1.807) is 7.11 Å². The van der Waals surface area contributed by atoms with Gasteiger partial charge in [0, 0.05) is 19.2 Å². The van der Waals surface area contributed by atoms with Gasteiger partial charge in [-0.2, -0.15) is 0 Å². The zero-order valence-electron chi connectivity index (χ0n) is 10.8. The van der Waals surface area contributed by atoms with E-state index in [-0.39, 0.29) is 0 Å². The number of aromatic nitrogens is 2. The zero-order valence-corrected chi connectivity index (χ0v) is 10.8. The average Bonchev–Trinajstić information content (AvgIpc) is 3.05. The maximum absolute atomic E-state index is 5.35. The Balaban J connectivity index is 1.79. The maximum atomic E-state index is 5.35. The van der Waals surface area contributed by atoms with Gasteiger partial charge in [-0.1, -0.05) is 0 Å². The predicted molar refractivity (Wildman–Crippen MR) is 71.1 cm³/mol. The highest BCUT2D eigenvalue weighted by Crippen LogP contribution is 2.20. The van der Waals surface area contributed by atoms with E-state index in [9.17, 15) is 0 Å². The Morgan fingerprint density at radius 1 is 1.33 bits per heavy atom. The molecule has 4 nitrogen and oxygen atoms in total. The molecule has 3 rings (SSSR count). The first kappa shape index (κ1) is 11.5. The van der Waals surface area contributed by atoms with Crippen LogP contribution in [0.3, 0.4) is 0 Å². The molecule has 0 aliphatic carbocycles. The van der Waals surface area contributed by atoms with Gasteiger partial charge in [0.2, 0.25) is 0 Å². The van der Waals surface area contributed by atoms with E-state index < -0.39 is 0 Å². The third-order valence-electron chi connectivity index (χ3n) is 3.68. The van der Waals surface area contributed by atoms with E-state index in [1.165, 1.54) is 25.9 Å². The van der Waals surface area contributed by atoms with Gasteiger partial charge in [-0.05, 0) is 38.1 Å². The third-order valence-corrected chi connectivity index (χ3v) is 3.68. The highest BCUT2D eigenvalue weighted by atomic mass is 16.5. The van der Waals surface area contributed by atoms with E-state index in [4.69, 9.17) is 4.74 Å². The summed E-state index contributed by atoms with van der Waals surface area (Å²) >= 11 is 0. The molecular formula is C14H19N3O. The van der Waals surface area contributed by atoms with E-state index in [0.717, 1.165) is 30.1 Å². The van der Waals surface area contributed by atoms with Gasteiger partial charge >= 0.3 is 0 Å². The van der Waals surface area contributed by atoms with Crippen LogP contribution in [0.2, 0.25) is 0 Å². The van der Waals surface area contributed by atoms with Crippen LogP contribution in [0.25, 0.3) is 5.52 Å². The van der Waals surface area contributed by atoms with Crippen LogP contribution in [0.4, 0.5) is 0 Å². The van der Waals surface area contributed by atoms with Crippen molar-refractivity contribution in [3.8, 4) is 5.75 Å². The fourth-order valence-electron chi connectivity index (χ4n) is 2.67. The summed E-state index contributed by atoms with van der Waals surface area (Å²) in [4.78, 5) is 7.04. The molecule has 1 saturated heterocycles. The molecule has 1 aliphatic heterocycles. The Kier molecular flexibility index (Phi) is 3.19. The van der Waals surface area contributed by atoms with E-state index >= 15 is 0 Å². The van der Waals surface area contributed by atoms with Crippen LogP contribution in [-0.2, 0) is 6.42 Å². The van der Waals surface area contributed by atoms with Gasteiger partial charge in [0.1, 0.15) is 17.1 Å². The van der Waals surface area contributed by atoms with Crippen molar-refractivity contribution < 1.29 is 4.74 Å². The second-order valence-electron chi connectivity index (χ2n) is 4.80. The summed E-state index contributed by atoms with van der Waals surface area (Å²) in [5, 5.41) is 0. The SMILES string of the molecule is COc1cccn2c(CCN3CCCC3)ncc12. The molecule has 3 heterocycles. The minimum absolute atomic E-state index is 0.887. The van der Waals surface area contributed by atoms with Gasteiger partial charge < -0.3 is 14.0 Å². The molecule has 2 aromatic rings. The Morgan fingerprint density at radius 2 is 2.17 bits per heavy atom. The molecule has 0 amide bonds. The highest BCUT2D eigenvalue weighted by Gasteiger charge is 2.13. The van der Waals surface area contributed by atoms with E-state index in [0.29, 0.717) is 0 Å². The second-order valence-corrected chi connectivity index (χ2v) is 4.80. The highest BCUT2D eigenvalue weighted by molar-refractivity contribution is 5.59. The summed E-state index contributed by atoms with van der Waals surface area (Å²) in [6.45, 7) is 3.59. The lowest BCUT2D eigenvalue weighted by molar-refractivity contribution is 0.340. The Labute approximate surface area is 107 Å². The number of rotatable bonds is 4. The van der Waals surface area contributed by atoms with E-state index in [1.807, 2.05) is 18.3 Å². The lowest BCUT2D eigenvalue weighted by Crippen LogP contribution is -2.22. The number of pyridine rings is 1. The fourth-order valence-corrected chi connectivity index (χ4v) is 2.67. The molecule has 2 aromatic heterocycles. The number of ether oxygens (including phenoxy) is 1. The first-order valence-corrected chi connectivity index (χ1v) is 6.60. The van der Waals surface area contributed by atoms with Crippen LogP contribution < -0.4 is 4.74 Å². The normalized spacial score (nSPS) is 16.5. The number of hydrogen-bond acceptors (Lipinski definition) is 3. The number of nitrogens with zero attached hydrogens (tertiary/aromatic N) is 3. The van der Waals surface area contributed by atoms with Crippen molar-refractivity contribution in [1.29, 1.82) is 0 Å². The zero-order chi connectivity index (χ0) is 12.4. The molecule has 1 aliphatic rings. The van der Waals surface area contributed by atoms with E-state index in [2.05, 4.69) is 20.5 Å². The molecule has 0 atom stereocenters. The largest absolute Gasteiger partial charge is 0.494 e. The monoisotopic (exact) mass is 245 g/mol. The van der Waals surface area contributed by atoms with Crippen LogP contribution in [0.5, 0.6) is 5.75 Å². The number of hydrogen-bond donors (Lipinski definition) is 0. The molecule has 18 heavy (non-hydrogen) atoms. The van der Waals surface area contributed by atoms with Gasteiger partial charge in [0.05, 0.1) is 13.3 Å². The topological polar surface area (TPSA) is 29.8 Å². The second kappa shape index (κ2) is 4.98. The number of fused-ring (bicyclic) bond motifs is 1. The molecule has 4 heteroatoms. The predicted octanol–water partition coefficient (Wildman–Crippen LogP) is 1.98. The minimum Gasteiger partial charge on any atom is -0.494 e. The molecular weight excluding hydrogens is 226 g/mol. The standard InChI is InChI=1S/C14H19N3O/c1-18-13-5-4-9-17-12(13)11-15-14(17)6-10-16-7-2-3-8-16/h4-5,9,11H,2-3,6-8,10H2,1H3. The van der Waals surface area contributed by atoms with Gasteiger partial charge in [0.15, 0.2) is 0 Å². The summed E-state index contributed by atoms with van der Waals surface area (Å²) < 4.78 is 7.48. The van der Waals surface area contributed by atoms with Crippen molar-refractivity contribution >= 4 is 5.52 Å². The molecule has 0 aromatic carbocycles. The van der Waals surface area contributed by atoms with Crippen LogP contribution in [0, 0.1) is 0 Å². The van der Waals surface area contributed by atoms with Crippen molar-refractivity contribution in [3.63, 3.8) is 0 Å². The van der Waals surface area contributed by atoms with Crippen LogP contribution >= 0.6 is 0 Å². The first-order valence-electron chi connectivity index (χ1n) is 6.60. The quantitative estimate of drug-likeness (QED) is 0.825. The summed E-state index contributed by atoms with van der Waals surface area (Å²) in [6.07, 6.45) is 7.65. The Bertz CT molecular complexity index is 529. The van der Waals surface area contributed by atoms with Crippen LogP contribution in [-0.4, -0.2) is 41.0 Å². The van der Waals surface area contributed by atoms with Crippen molar-refractivity contribution in [2.45, 2.75) is 19.3 Å². The van der Waals surface area contributed by atoms with Gasteiger partial charge in [0.25, 0.3) is 0 Å². The molecule has 0 spiro atoms. The summed E-state index contributed by atoms with van der Waals surface area (Å²) in [5.41, 5.74) is 1.05. The third kappa shape index (κ3) is 2.08. The van der Waals surface area contributed by atoms with Crippen LogP contribution in [0.15, 0.2) is 24.5 Å². The van der Waals surface area contributed by atoms with Crippen molar-refractivity contribution in [2.24, 2.45) is 0 Å². The molecule has 0 radical (unpaired) electrons.